The number of phenolic OH excluding ortho intramolecular Hbond substituents is 1. The summed E-state index contributed by atoms with van der Waals surface area (Å²) in [6.45, 7) is 3.69. The van der Waals surface area contributed by atoms with Crippen molar-refractivity contribution in [2.75, 3.05) is 19.8 Å². The summed E-state index contributed by atoms with van der Waals surface area (Å²) in [5.41, 5.74) is 11.3. The Morgan fingerprint density at radius 3 is 1.42 bits per heavy atom. The predicted octanol–water partition coefficient (Wildman–Crippen LogP) is -5.43. The Balaban J connectivity index is 2.16. The van der Waals surface area contributed by atoms with Crippen LogP contribution in [0.15, 0.2) is 54.6 Å². The molecule has 0 aliphatic carbocycles. The number of hydrazine groups is 1. The molecule has 1 aliphatic heterocycles. The van der Waals surface area contributed by atoms with Gasteiger partial charge in [-0.15, -0.1) is 0 Å². The molecule has 4 unspecified atom stereocenters. The summed E-state index contributed by atoms with van der Waals surface area (Å²) in [7, 11) is 0. The summed E-state index contributed by atoms with van der Waals surface area (Å²) in [6, 6.07) is -2.56. The lowest BCUT2D eigenvalue weighted by molar-refractivity contribution is -0.143. The number of nitrogens with two attached hydrogens (primary N) is 1. The van der Waals surface area contributed by atoms with Crippen LogP contribution < -0.4 is 59.1 Å². The molecule has 2 aromatic rings. The van der Waals surface area contributed by atoms with E-state index in [0.717, 1.165) is 0 Å². The number of benzene rings is 2. The molecule has 1 saturated heterocycles. The quantitative estimate of drug-likeness (QED) is 0.0740. The van der Waals surface area contributed by atoms with Crippen molar-refractivity contribution in [3.8, 4) is 5.75 Å². The lowest BCUT2D eigenvalue weighted by Gasteiger charge is -2.27. The number of hydrogen-bond donors (Lipinski definition) is 16. The Morgan fingerprint density at radius 2 is 0.949 bits per heavy atom. The molecule has 3 rings (SSSR count). The maximum Gasteiger partial charge on any atom is 0.305 e. The lowest BCUT2D eigenvalue weighted by atomic mass is 9.90. The molecule has 0 spiro atoms. The van der Waals surface area contributed by atoms with Gasteiger partial charge in [-0.25, -0.2) is 5.43 Å². The molecule has 1 fully saturated rings. The second kappa shape index (κ2) is 31.7. The minimum atomic E-state index is -2.18. The first-order valence-corrected chi connectivity index (χ1v) is 25.0. The van der Waals surface area contributed by atoms with Gasteiger partial charge < -0.3 is 73.8 Å². The standard InChI is InChI=1S/C50H69N11O18/c1-24(2)16-29-42(71)43(72)41(25(3)4)59-47(76)31(19-37(51)65)54-49(78)35(22-62)58-50(79)36(23-63)57-46(75)33(21-40(69)70)56-45(74)32(20-39(67)68)55-44(73)30(17-26-8-6-5-7-9-26)53-48(77)34(60-61-38(66)14-15-52-29)18-27-10-12-28(64)13-11-27/h5-13,24-25,29-36,41,52,60,62-64H,14-23H2,1-4H3,(H2,51,65)(H,53,77)(H,54,78)(H,55,73)(H,56,74)(H,57,75)(H,58,79)(H,59,76)(H,61,66)(H,67,68)(H,69,70)/t29-,30+,31?,32?,33+,34?,35+,36?,41+/m1/s1. The Hall–Kier alpha value is -8.41. The van der Waals surface area contributed by atoms with Crippen LogP contribution in [-0.2, 0) is 75.2 Å². The molecule has 2 aromatic carbocycles. The van der Waals surface area contributed by atoms with Crippen molar-refractivity contribution in [3.05, 3.63) is 65.7 Å². The van der Waals surface area contributed by atoms with E-state index < -0.39 is 169 Å². The molecule has 0 saturated carbocycles. The molecule has 9 atom stereocenters. The van der Waals surface area contributed by atoms with Gasteiger partial charge in [0.2, 0.25) is 64.7 Å². The molecule has 29 nitrogen and oxygen atoms in total. The van der Waals surface area contributed by atoms with Gasteiger partial charge in [0.05, 0.1) is 44.6 Å². The fourth-order valence-electron chi connectivity index (χ4n) is 7.79. The van der Waals surface area contributed by atoms with E-state index >= 15 is 0 Å². The second-order valence-electron chi connectivity index (χ2n) is 19.2. The van der Waals surface area contributed by atoms with Gasteiger partial charge in [0, 0.05) is 19.4 Å². The highest BCUT2D eigenvalue weighted by molar-refractivity contribution is 6.41. The van der Waals surface area contributed by atoms with Crippen molar-refractivity contribution >= 4 is 76.7 Å². The number of primary amides is 1. The van der Waals surface area contributed by atoms with Crippen molar-refractivity contribution in [2.24, 2.45) is 17.6 Å². The number of carbonyl (C=O) groups is 13. The number of carbonyl (C=O) groups excluding carboxylic acids is 11. The highest BCUT2D eigenvalue weighted by Crippen LogP contribution is 2.14. The van der Waals surface area contributed by atoms with Crippen LogP contribution in [-0.4, -0.2) is 176 Å². The van der Waals surface area contributed by atoms with Crippen molar-refractivity contribution in [3.63, 3.8) is 0 Å². The van der Waals surface area contributed by atoms with Crippen LogP contribution in [0, 0.1) is 11.8 Å². The van der Waals surface area contributed by atoms with E-state index in [1.54, 1.807) is 44.2 Å². The first-order chi connectivity index (χ1) is 37.2. The van der Waals surface area contributed by atoms with Crippen LogP contribution >= 0.6 is 0 Å². The first kappa shape index (κ1) is 64.9. The van der Waals surface area contributed by atoms with Crippen LogP contribution in [0.4, 0.5) is 0 Å². The van der Waals surface area contributed by atoms with Gasteiger partial charge in [-0.1, -0.05) is 70.2 Å². The average Bonchev–Trinajstić information content (AvgIpc) is 3.39. The fraction of sp³-hybridized carbons (Fsp3) is 0.500. The zero-order valence-electron chi connectivity index (χ0n) is 43.7. The van der Waals surface area contributed by atoms with Crippen molar-refractivity contribution in [1.29, 1.82) is 0 Å². The van der Waals surface area contributed by atoms with Crippen molar-refractivity contribution < 1.29 is 87.9 Å². The van der Waals surface area contributed by atoms with E-state index in [9.17, 15) is 87.9 Å². The van der Waals surface area contributed by atoms with Gasteiger partial charge >= 0.3 is 11.9 Å². The third-order valence-corrected chi connectivity index (χ3v) is 11.9. The number of aliphatic carboxylic acids is 2. The number of carboxylic acid groups (broad SMARTS) is 2. The number of nitrogens with one attached hydrogen (secondary N) is 10. The molecule has 432 valence electrons. The second-order valence-corrected chi connectivity index (χ2v) is 19.2. The number of hydrogen-bond acceptors (Lipinski definition) is 18. The van der Waals surface area contributed by atoms with E-state index in [1.165, 1.54) is 38.1 Å². The van der Waals surface area contributed by atoms with Crippen molar-refractivity contribution in [1.82, 2.24) is 53.4 Å². The number of Topliss-reactive ketones (excluding diaryl/α,β-unsaturated/α-hetero) is 2. The minimum Gasteiger partial charge on any atom is -0.508 e. The van der Waals surface area contributed by atoms with Gasteiger partial charge in [0.1, 0.15) is 48.0 Å². The van der Waals surface area contributed by atoms with Gasteiger partial charge in [0.15, 0.2) is 0 Å². The number of phenols is 1. The van der Waals surface area contributed by atoms with Crippen LogP contribution in [0.3, 0.4) is 0 Å². The number of carboxylic acids is 2. The number of ketones is 2. The fourth-order valence-corrected chi connectivity index (χ4v) is 7.79. The zero-order chi connectivity index (χ0) is 59.1. The molecule has 0 aromatic heterocycles. The van der Waals surface area contributed by atoms with E-state index in [0.29, 0.717) is 11.1 Å². The zero-order valence-corrected chi connectivity index (χ0v) is 43.7. The summed E-state index contributed by atoms with van der Waals surface area (Å²) in [5.74, 6) is -17.7. The van der Waals surface area contributed by atoms with Gasteiger partial charge in [-0.3, -0.25) is 67.8 Å². The van der Waals surface area contributed by atoms with E-state index in [2.05, 4.69) is 37.4 Å². The molecule has 29 heteroatoms. The average molecular weight is 1110 g/mol. The Labute approximate surface area is 452 Å². The third-order valence-electron chi connectivity index (χ3n) is 11.9. The summed E-state index contributed by atoms with van der Waals surface area (Å²) >= 11 is 0. The minimum absolute atomic E-state index is 0.0515. The van der Waals surface area contributed by atoms with E-state index in [-0.39, 0.29) is 43.9 Å². The number of aliphatic hydroxyl groups is 2. The van der Waals surface area contributed by atoms with Crippen LogP contribution in [0.2, 0.25) is 0 Å². The van der Waals surface area contributed by atoms with Crippen molar-refractivity contribution in [2.45, 2.75) is 127 Å². The smallest absolute Gasteiger partial charge is 0.305 e. The predicted molar refractivity (Wildman–Crippen MR) is 274 cm³/mol. The monoisotopic (exact) mass is 1110 g/mol. The largest absolute Gasteiger partial charge is 0.508 e. The van der Waals surface area contributed by atoms with Crippen LogP contribution in [0.25, 0.3) is 0 Å². The van der Waals surface area contributed by atoms with Crippen LogP contribution in [0.5, 0.6) is 5.75 Å². The maximum atomic E-state index is 14.3. The molecule has 0 bridgehead atoms. The molecule has 1 aliphatic rings. The lowest BCUT2D eigenvalue weighted by Crippen LogP contribution is -2.62. The van der Waals surface area contributed by atoms with E-state index in [4.69, 9.17) is 5.73 Å². The molecule has 0 radical (unpaired) electrons. The highest BCUT2D eigenvalue weighted by Gasteiger charge is 2.39. The van der Waals surface area contributed by atoms with Crippen LogP contribution in [0.1, 0.15) is 70.9 Å². The van der Waals surface area contributed by atoms with Gasteiger partial charge in [0.25, 0.3) is 0 Å². The molecular formula is C50H69N11O18. The summed E-state index contributed by atoms with van der Waals surface area (Å²) < 4.78 is 0. The van der Waals surface area contributed by atoms with Gasteiger partial charge in [-0.2, -0.15) is 0 Å². The number of amides is 9. The number of rotatable bonds is 15. The molecule has 1 heterocycles. The maximum absolute atomic E-state index is 14.3. The Bertz CT molecular complexity index is 2530. The number of aromatic hydroxyl groups is 1. The third kappa shape index (κ3) is 21.9. The number of aliphatic hydroxyl groups excluding tert-OH is 2. The summed E-state index contributed by atoms with van der Waals surface area (Å²) in [5, 5.41) is 67.8. The molecule has 17 N–H and O–H groups in total. The van der Waals surface area contributed by atoms with Gasteiger partial charge in [-0.05, 0) is 47.9 Å². The summed E-state index contributed by atoms with van der Waals surface area (Å²) in [4.78, 5) is 174. The Kier molecular flexibility index (Phi) is 26.1. The normalized spacial score (nSPS) is 24.5. The highest BCUT2D eigenvalue weighted by atomic mass is 16.4. The molecular weight excluding hydrogens is 1040 g/mol. The first-order valence-electron chi connectivity index (χ1n) is 25.0. The molecule has 9 amide bonds. The molecule has 79 heavy (non-hydrogen) atoms. The Morgan fingerprint density at radius 1 is 0.532 bits per heavy atom. The van der Waals surface area contributed by atoms with E-state index in [1.807, 2.05) is 16.0 Å². The topological polar surface area (TPSA) is 469 Å². The summed E-state index contributed by atoms with van der Waals surface area (Å²) in [6.07, 6.45) is -4.20. The SMILES string of the molecule is CC(C)C[C@H]1NCCC(=O)NNC(Cc2ccc(O)cc2)C(=O)N[C@@H](Cc2ccccc2)C(=O)NC(CC(=O)O)C(=O)N[C@@H](CC(=O)O)C(=O)NC(CO)C(=O)N[C@@H](CO)C(=O)NC(CC(N)=O)C(=O)N[C@@H](C(C)C)C(=O)C1=O.